The summed E-state index contributed by atoms with van der Waals surface area (Å²) in [7, 11) is 1.26. The highest BCUT2D eigenvalue weighted by Gasteiger charge is 2.22. The van der Waals surface area contributed by atoms with Crippen LogP contribution in [0.4, 0.5) is 10.5 Å². The lowest BCUT2D eigenvalue weighted by atomic mass is 10.2. The van der Waals surface area contributed by atoms with Crippen LogP contribution in [-0.2, 0) is 9.47 Å². The van der Waals surface area contributed by atoms with Crippen LogP contribution >= 0.6 is 22.9 Å². The van der Waals surface area contributed by atoms with Gasteiger partial charge in [0, 0.05) is 5.38 Å². The van der Waals surface area contributed by atoms with Gasteiger partial charge in [-0.25, -0.2) is 9.59 Å². The molecule has 0 radical (unpaired) electrons. The Bertz CT molecular complexity index is 464. The van der Waals surface area contributed by atoms with Gasteiger partial charge in [0.25, 0.3) is 0 Å². The number of ether oxygens (including phenoxy) is 2. The summed E-state index contributed by atoms with van der Waals surface area (Å²) < 4.78 is 9.96. The first kappa shape index (κ1) is 14.8. The Morgan fingerprint density at radius 1 is 1.39 bits per heavy atom. The molecule has 0 aliphatic heterocycles. The molecule has 1 N–H and O–H groups in total. The molecule has 0 saturated carbocycles. The van der Waals surface area contributed by atoms with Crippen LogP contribution in [-0.4, -0.2) is 24.8 Å². The summed E-state index contributed by atoms with van der Waals surface area (Å²) in [5.41, 5.74) is -0.209. The normalized spacial score (nSPS) is 10.9. The Morgan fingerprint density at radius 3 is 2.50 bits per heavy atom. The topological polar surface area (TPSA) is 64.6 Å². The standard InChI is InChI=1S/C11H14ClNO4S/c1-11(2,3)17-10(15)13-7-6(9(14)16-4)5-18-8(7)12/h5H,1-4H3,(H,13,15). The summed E-state index contributed by atoms with van der Waals surface area (Å²) in [5, 5.41) is 3.96. The van der Waals surface area contributed by atoms with Gasteiger partial charge in [0.1, 0.15) is 9.94 Å². The van der Waals surface area contributed by atoms with Gasteiger partial charge in [-0.1, -0.05) is 11.6 Å². The largest absolute Gasteiger partial charge is 0.465 e. The smallest absolute Gasteiger partial charge is 0.412 e. The molecule has 0 bridgehead atoms. The number of halogens is 1. The molecule has 0 aliphatic rings. The highest BCUT2D eigenvalue weighted by Crippen LogP contribution is 2.33. The third kappa shape index (κ3) is 3.89. The van der Waals surface area contributed by atoms with Crippen LogP contribution in [0, 0.1) is 0 Å². The van der Waals surface area contributed by atoms with Gasteiger partial charge < -0.3 is 9.47 Å². The fourth-order valence-electron chi connectivity index (χ4n) is 1.12. The third-order valence-corrected chi connectivity index (χ3v) is 3.00. The summed E-state index contributed by atoms with van der Waals surface area (Å²) in [5.74, 6) is -0.566. The minimum atomic E-state index is -0.673. The molecular weight excluding hydrogens is 278 g/mol. The van der Waals surface area contributed by atoms with Crippen LogP contribution in [0.1, 0.15) is 31.1 Å². The molecular formula is C11H14ClNO4S. The molecule has 0 aromatic carbocycles. The molecule has 100 valence electrons. The van der Waals surface area contributed by atoms with E-state index in [2.05, 4.69) is 10.1 Å². The Hall–Kier alpha value is -1.27. The molecule has 0 fully saturated rings. The lowest BCUT2D eigenvalue weighted by molar-refractivity contribution is 0.0602. The molecule has 1 aromatic heterocycles. The van der Waals surface area contributed by atoms with E-state index < -0.39 is 17.7 Å². The molecule has 5 nitrogen and oxygen atoms in total. The van der Waals surface area contributed by atoms with E-state index in [1.165, 1.54) is 12.5 Å². The lowest BCUT2D eigenvalue weighted by Gasteiger charge is -2.19. The number of anilines is 1. The van der Waals surface area contributed by atoms with Crippen LogP contribution < -0.4 is 5.32 Å². The molecule has 0 spiro atoms. The maximum absolute atomic E-state index is 11.6. The first-order valence-electron chi connectivity index (χ1n) is 5.10. The van der Waals surface area contributed by atoms with Gasteiger partial charge in [0.2, 0.25) is 0 Å². The van der Waals surface area contributed by atoms with Gasteiger partial charge in [-0.15, -0.1) is 11.3 Å². The number of rotatable bonds is 2. The monoisotopic (exact) mass is 291 g/mol. The molecule has 1 aromatic rings. The third-order valence-electron chi connectivity index (χ3n) is 1.78. The number of methoxy groups -OCH3 is 1. The van der Waals surface area contributed by atoms with Crippen molar-refractivity contribution < 1.29 is 19.1 Å². The van der Waals surface area contributed by atoms with E-state index >= 15 is 0 Å². The average molecular weight is 292 g/mol. The minimum Gasteiger partial charge on any atom is -0.465 e. The zero-order chi connectivity index (χ0) is 13.9. The van der Waals surface area contributed by atoms with Crippen molar-refractivity contribution in [3.8, 4) is 0 Å². The molecule has 0 saturated heterocycles. The summed E-state index contributed by atoms with van der Waals surface area (Å²) in [6.07, 6.45) is -0.673. The Balaban J connectivity index is 2.87. The minimum absolute atomic E-state index is 0.207. The van der Waals surface area contributed by atoms with E-state index in [9.17, 15) is 9.59 Å². The number of carbonyl (C=O) groups is 2. The SMILES string of the molecule is COC(=O)c1csc(Cl)c1NC(=O)OC(C)(C)C. The van der Waals surface area contributed by atoms with E-state index in [-0.39, 0.29) is 11.3 Å². The van der Waals surface area contributed by atoms with E-state index in [4.69, 9.17) is 16.3 Å². The highest BCUT2D eigenvalue weighted by molar-refractivity contribution is 7.15. The van der Waals surface area contributed by atoms with Gasteiger partial charge in [-0.2, -0.15) is 0 Å². The van der Waals surface area contributed by atoms with E-state index in [1.807, 2.05) is 0 Å². The van der Waals surface area contributed by atoms with E-state index in [0.717, 1.165) is 11.3 Å². The molecule has 1 rings (SSSR count). The predicted molar refractivity (Wildman–Crippen MR) is 70.5 cm³/mol. The predicted octanol–water partition coefficient (Wildman–Crippen LogP) is 3.54. The zero-order valence-electron chi connectivity index (χ0n) is 10.5. The number of hydrogen-bond donors (Lipinski definition) is 1. The number of hydrogen-bond acceptors (Lipinski definition) is 5. The van der Waals surface area contributed by atoms with Crippen molar-refractivity contribution in [3.63, 3.8) is 0 Å². The van der Waals surface area contributed by atoms with Gasteiger partial charge >= 0.3 is 12.1 Å². The number of carbonyl (C=O) groups excluding carboxylic acids is 2. The van der Waals surface area contributed by atoms with Crippen LogP contribution in [0.5, 0.6) is 0 Å². The number of thiophene rings is 1. The second-order valence-corrected chi connectivity index (χ2v) is 5.90. The maximum Gasteiger partial charge on any atom is 0.412 e. The van der Waals surface area contributed by atoms with Crippen molar-refractivity contribution in [1.29, 1.82) is 0 Å². The van der Waals surface area contributed by atoms with Gasteiger partial charge in [-0.05, 0) is 20.8 Å². The molecule has 0 atom stereocenters. The zero-order valence-corrected chi connectivity index (χ0v) is 12.1. The first-order chi connectivity index (χ1) is 8.24. The summed E-state index contributed by atoms with van der Waals surface area (Å²) in [6.45, 7) is 5.22. The van der Waals surface area contributed by atoms with Crippen molar-refractivity contribution in [2.45, 2.75) is 26.4 Å². The van der Waals surface area contributed by atoms with E-state index in [0.29, 0.717) is 4.34 Å². The summed E-state index contributed by atoms with van der Waals surface area (Å²) in [4.78, 5) is 23.0. The number of esters is 1. The van der Waals surface area contributed by atoms with Crippen LogP contribution in [0.3, 0.4) is 0 Å². The Kier molecular flexibility index (Phi) is 4.59. The van der Waals surface area contributed by atoms with Crippen LogP contribution in [0.25, 0.3) is 0 Å². The summed E-state index contributed by atoms with van der Waals surface area (Å²) in [6, 6.07) is 0. The summed E-state index contributed by atoms with van der Waals surface area (Å²) >= 11 is 7.03. The fraction of sp³-hybridized carbons (Fsp3) is 0.455. The van der Waals surface area contributed by atoms with Gasteiger partial charge in [0.05, 0.1) is 18.4 Å². The molecule has 18 heavy (non-hydrogen) atoms. The quantitative estimate of drug-likeness (QED) is 0.847. The van der Waals surface area contributed by atoms with Crippen LogP contribution in [0.2, 0.25) is 4.34 Å². The second kappa shape index (κ2) is 5.58. The Morgan fingerprint density at radius 2 is 2.00 bits per heavy atom. The van der Waals surface area contributed by atoms with E-state index in [1.54, 1.807) is 20.8 Å². The molecule has 1 heterocycles. The number of amides is 1. The van der Waals surface area contributed by atoms with Gasteiger partial charge in [-0.3, -0.25) is 5.32 Å². The second-order valence-electron chi connectivity index (χ2n) is 4.42. The van der Waals surface area contributed by atoms with Crippen molar-refractivity contribution in [1.82, 2.24) is 0 Å². The molecule has 7 heteroatoms. The molecule has 1 amide bonds. The molecule has 0 aliphatic carbocycles. The average Bonchev–Trinajstić information content (AvgIpc) is 2.57. The van der Waals surface area contributed by atoms with Crippen LogP contribution in [0.15, 0.2) is 5.38 Å². The highest BCUT2D eigenvalue weighted by atomic mass is 35.5. The Labute approximate surface area is 114 Å². The van der Waals surface area contributed by atoms with Crippen molar-refractivity contribution in [3.05, 3.63) is 15.3 Å². The molecule has 0 unspecified atom stereocenters. The maximum atomic E-state index is 11.6. The number of nitrogens with one attached hydrogen (secondary N) is 1. The fourth-order valence-corrected chi connectivity index (χ4v) is 2.11. The van der Waals surface area contributed by atoms with Crippen molar-refractivity contribution >= 4 is 40.7 Å². The van der Waals surface area contributed by atoms with Crippen molar-refractivity contribution in [2.75, 3.05) is 12.4 Å². The lowest BCUT2D eigenvalue weighted by Crippen LogP contribution is -2.27. The first-order valence-corrected chi connectivity index (χ1v) is 6.35. The van der Waals surface area contributed by atoms with Crippen molar-refractivity contribution in [2.24, 2.45) is 0 Å². The van der Waals surface area contributed by atoms with Gasteiger partial charge in [0.15, 0.2) is 0 Å².